The summed E-state index contributed by atoms with van der Waals surface area (Å²) in [5, 5.41) is -0.497. The summed E-state index contributed by atoms with van der Waals surface area (Å²) in [5.41, 5.74) is 0.412. The van der Waals surface area contributed by atoms with Crippen LogP contribution >= 0.6 is 11.6 Å². The first kappa shape index (κ1) is 10.0. The minimum atomic E-state index is -0.497. The van der Waals surface area contributed by atoms with E-state index in [1.54, 1.807) is 24.3 Å². The molecule has 1 aromatic rings. The van der Waals surface area contributed by atoms with E-state index in [4.69, 9.17) is 21.1 Å². The van der Waals surface area contributed by atoms with Gasteiger partial charge in [-0.05, 0) is 29.8 Å². The third-order valence-electron chi connectivity index (χ3n) is 1.40. The van der Waals surface area contributed by atoms with Crippen LogP contribution < -0.4 is 4.74 Å². The zero-order valence-corrected chi connectivity index (χ0v) is 7.88. The van der Waals surface area contributed by atoms with Crippen molar-refractivity contribution in [2.45, 2.75) is 0 Å². The van der Waals surface area contributed by atoms with Crippen molar-refractivity contribution in [3.8, 4) is 5.75 Å². The number of halogens is 1. The van der Waals surface area contributed by atoms with Crippen LogP contribution in [-0.4, -0.2) is 19.1 Å². The summed E-state index contributed by atoms with van der Waals surface area (Å²) in [6.45, 7) is 0.153. The lowest BCUT2D eigenvalue weighted by atomic mass is 10.2. The highest BCUT2D eigenvalue weighted by atomic mass is 35.5. The second-order valence-corrected chi connectivity index (χ2v) is 2.70. The first-order valence-electron chi connectivity index (χ1n) is 3.65. The van der Waals surface area contributed by atoms with Gasteiger partial charge in [-0.3, -0.25) is 4.79 Å². The minimum absolute atomic E-state index is 0.153. The van der Waals surface area contributed by atoms with Crippen molar-refractivity contribution in [1.82, 2.24) is 0 Å². The zero-order valence-electron chi connectivity index (χ0n) is 7.12. The SMILES string of the molecule is COCOc1cccc(C(=O)Cl)c1. The molecule has 70 valence electrons. The maximum absolute atomic E-state index is 10.8. The van der Waals surface area contributed by atoms with Gasteiger partial charge in [0.1, 0.15) is 5.75 Å². The number of carbonyl (C=O) groups is 1. The van der Waals surface area contributed by atoms with Gasteiger partial charge < -0.3 is 9.47 Å². The van der Waals surface area contributed by atoms with Gasteiger partial charge in [0.2, 0.25) is 0 Å². The first-order chi connectivity index (χ1) is 6.24. The molecule has 0 radical (unpaired) electrons. The molecular weight excluding hydrogens is 192 g/mol. The van der Waals surface area contributed by atoms with E-state index in [-0.39, 0.29) is 6.79 Å². The Hall–Kier alpha value is -1.06. The second-order valence-electron chi connectivity index (χ2n) is 2.35. The van der Waals surface area contributed by atoms with E-state index >= 15 is 0 Å². The van der Waals surface area contributed by atoms with Crippen LogP contribution in [-0.2, 0) is 4.74 Å². The molecule has 0 aliphatic rings. The fraction of sp³-hybridized carbons (Fsp3) is 0.222. The van der Waals surface area contributed by atoms with Gasteiger partial charge in [0.15, 0.2) is 6.79 Å². The molecule has 0 amide bonds. The van der Waals surface area contributed by atoms with E-state index < -0.39 is 5.24 Å². The van der Waals surface area contributed by atoms with Crippen molar-refractivity contribution in [2.75, 3.05) is 13.9 Å². The van der Waals surface area contributed by atoms with Gasteiger partial charge in [0, 0.05) is 12.7 Å². The summed E-state index contributed by atoms with van der Waals surface area (Å²) in [6.07, 6.45) is 0. The summed E-state index contributed by atoms with van der Waals surface area (Å²) >= 11 is 5.28. The lowest BCUT2D eigenvalue weighted by Crippen LogP contribution is -1.99. The molecule has 0 aliphatic heterocycles. The van der Waals surface area contributed by atoms with Gasteiger partial charge in [0.25, 0.3) is 5.24 Å². The molecule has 13 heavy (non-hydrogen) atoms. The third-order valence-corrected chi connectivity index (χ3v) is 1.62. The Bertz CT molecular complexity index is 299. The van der Waals surface area contributed by atoms with Crippen LogP contribution in [0.4, 0.5) is 0 Å². The van der Waals surface area contributed by atoms with Gasteiger partial charge >= 0.3 is 0 Å². The number of methoxy groups -OCH3 is 1. The molecule has 1 rings (SSSR count). The first-order valence-corrected chi connectivity index (χ1v) is 4.03. The topological polar surface area (TPSA) is 35.5 Å². The molecule has 0 aromatic heterocycles. The van der Waals surface area contributed by atoms with Crippen LogP contribution in [0.1, 0.15) is 10.4 Å². The van der Waals surface area contributed by atoms with Crippen LogP contribution in [0, 0.1) is 0 Å². The summed E-state index contributed by atoms with van der Waals surface area (Å²) in [5.74, 6) is 0.563. The summed E-state index contributed by atoms with van der Waals surface area (Å²) in [6, 6.07) is 6.60. The fourth-order valence-electron chi connectivity index (χ4n) is 0.835. The lowest BCUT2D eigenvalue weighted by Gasteiger charge is -2.04. The smallest absolute Gasteiger partial charge is 0.252 e. The molecule has 0 unspecified atom stereocenters. The molecule has 0 saturated heterocycles. The lowest BCUT2D eigenvalue weighted by molar-refractivity contribution is 0.0510. The Kier molecular flexibility index (Phi) is 3.73. The number of carbonyl (C=O) groups excluding carboxylic acids is 1. The summed E-state index contributed by atoms with van der Waals surface area (Å²) in [4.78, 5) is 10.8. The van der Waals surface area contributed by atoms with Gasteiger partial charge in [-0.2, -0.15) is 0 Å². The number of hydrogen-bond acceptors (Lipinski definition) is 3. The predicted molar refractivity (Wildman–Crippen MR) is 49.1 cm³/mol. The molecule has 0 heterocycles. The van der Waals surface area contributed by atoms with E-state index in [0.717, 1.165) is 0 Å². The number of benzene rings is 1. The van der Waals surface area contributed by atoms with Crippen LogP contribution in [0.3, 0.4) is 0 Å². The highest BCUT2D eigenvalue weighted by molar-refractivity contribution is 6.67. The Labute approximate surface area is 81.2 Å². The molecule has 4 heteroatoms. The number of ether oxygens (including phenoxy) is 2. The third kappa shape index (κ3) is 3.05. The molecule has 0 N–H and O–H groups in total. The van der Waals surface area contributed by atoms with Crippen molar-refractivity contribution < 1.29 is 14.3 Å². The number of hydrogen-bond donors (Lipinski definition) is 0. The molecule has 0 aliphatic carbocycles. The van der Waals surface area contributed by atoms with Crippen LogP contribution in [0.15, 0.2) is 24.3 Å². The zero-order chi connectivity index (χ0) is 9.68. The van der Waals surface area contributed by atoms with Crippen molar-refractivity contribution in [3.63, 3.8) is 0 Å². The van der Waals surface area contributed by atoms with E-state index in [2.05, 4.69) is 0 Å². The summed E-state index contributed by atoms with van der Waals surface area (Å²) < 4.78 is 9.82. The fourth-order valence-corrected chi connectivity index (χ4v) is 0.953. The quantitative estimate of drug-likeness (QED) is 0.551. The Morgan fingerprint density at radius 1 is 1.54 bits per heavy atom. The molecule has 1 aromatic carbocycles. The maximum Gasteiger partial charge on any atom is 0.252 e. The number of rotatable bonds is 4. The van der Waals surface area contributed by atoms with Crippen molar-refractivity contribution in [2.24, 2.45) is 0 Å². The Balaban J connectivity index is 2.73. The monoisotopic (exact) mass is 200 g/mol. The molecule has 0 bridgehead atoms. The molecule has 3 nitrogen and oxygen atoms in total. The van der Waals surface area contributed by atoms with E-state index in [1.165, 1.54) is 7.11 Å². The molecule has 0 fully saturated rings. The van der Waals surface area contributed by atoms with Crippen LogP contribution in [0.25, 0.3) is 0 Å². The minimum Gasteiger partial charge on any atom is -0.468 e. The Morgan fingerprint density at radius 2 is 2.31 bits per heavy atom. The van der Waals surface area contributed by atoms with E-state index in [1.807, 2.05) is 0 Å². The highest BCUT2D eigenvalue weighted by Crippen LogP contribution is 2.14. The highest BCUT2D eigenvalue weighted by Gasteiger charge is 2.02. The van der Waals surface area contributed by atoms with Crippen LogP contribution in [0.5, 0.6) is 5.75 Å². The van der Waals surface area contributed by atoms with Gasteiger partial charge in [-0.25, -0.2) is 0 Å². The average molecular weight is 201 g/mol. The van der Waals surface area contributed by atoms with Gasteiger partial charge in [-0.1, -0.05) is 6.07 Å². The standard InChI is InChI=1S/C9H9ClO3/c1-12-6-13-8-4-2-3-7(5-8)9(10)11/h2-5H,6H2,1H3. The van der Waals surface area contributed by atoms with E-state index in [9.17, 15) is 4.79 Å². The average Bonchev–Trinajstić information content (AvgIpc) is 2.15. The second kappa shape index (κ2) is 4.84. The summed E-state index contributed by atoms with van der Waals surface area (Å²) in [7, 11) is 1.52. The molecule has 0 spiro atoms. The van der Waals surface area contributed by atoms with Crippen molar-refractivity contribution >= 4 is 16.8 Å². The predicted octanol–water partition coefficient (Wildman–Crippen LogP) is 2.05. The van der Waals surface area contributed by atoms with Crippen molar-refractivity contribution in [3.05, 3.63) is 29.8 Å². The van der Waals surface area contributed by atoms with Gasteiger partial charge in [0.05, 0.1) is 0 Å². The molecule has 0 atom stereocenters. The van der Waals surface area contributed by atoms with Crippen molar-refractivity contribution in [1.29, 1.82) is 0 Å². The normalized spacial score (nSPS) is 9.69. The molecular formula is C9H9ClO3. The van der Waals surface area contributed by atoms with Gasteiger partial charge in [-0.15, -0.1) is 0 Å². The largest absolute Gasteiger partial charge is 0.468 e. The van der Waals surface area contributed by atoms with Crippen LogP contribution in [0.2, 0.25) is 0 Å². The maximum atomic E-state index is 10.8. The van der Waals surface area contributed by atoms with E-state index in [0.29, 0.717) is 11.3 Å². The molecule has 0 saturated carbocycles. The Morgan fingerprint density at radius 3 is 2.92 bits per heavy atom.